The minimum Gasteiger partial charge on any atom is -0.459 e. The summed E-state index contributed by atoms with van der Waals surface area (Å²) in [5.41, 5.74) is -0.325. The molecular weight excluding hydrogens is 244 g/mol. The van der Waals surface area contributed by atoms with Crippen molar-refractivity contribution in [2.75, 3.05) is 20.1 Å². The minimum atomic E-state index is -0.325. The van der Waals surface area contributed by atoms with E-state index >= 15 is 0 Å². The number of furan rings is 1. The zero-order valence-corrected chi connectivity index (χ0v) is 11.1. The lowest BCUT2D eigenvalue weighted by atomic mass is 9.85. The molecular formula is C14H18N2O3. The molecule has 0 aliphatic carbocycles. The summed E-state index contributed by atoms with van der Waals surface area (Å²) in [5, 5.41) is 0. The molecule has 5 heteroatoms. The number of hydrogen-bond acceptors (Lipinski definition) is 3. The van der Waals surface area contributed by atoms with E-state index in [9.17, 15) is 9.59 Å². The minimum absolute atomic E-state index is 0.0900. The van der Waals surface area contributed by atoms with E-state index in [2.05, 4.69) is 0 Å². The highest BCUT2D eigenvalue weighted by Gasteiger charge is 2.49. The largest absolute Gasteiger partial charge is 0.459 e. The summed E-state index contributed by atoms with van der Waals surface area (Å²) in [7, 11) is 1.81. The monoisotopic (exact) mass is 262 g/mol. The molecule has 1 aromatic rings. The second-order valence-electron chi connectivity index (χ2n) is 5.54. The Morgan fingerprint density at radius 2 is 2.26 bits per heavy atom. The maximum absolute atomic E-state index is 12.5. The second kappa shape index (κ2) is 4.40. The third-order valence-corrected chi connectivity index (χ3v) is 4.26. The van der Waals surface area contributed by atoms with Crippen LogP contribution >= 0.6 is 0 Å². The van der Waals surface area contributed by atoms with Crippen molar-refractivity contribution in [1.29, 1.82) is 0 Å². The van der Waals surface area contributed by atoms with Crippen molar-refractivity contribution in [2.45, 2.75) is 31.2 Å². The standard InChI is InChI=1S/C14H18N2O3/c1-15-10-14(9-12(15)17)6-2-3-7-16(14)13(18)11-5-4-8-19-11/h4-5,8H,2-3,6-7,9-10H2,1H3. The number of carbonyl (C=O) groups is 2. The lowest BCUT2D eigenvalue weighted by Gasteiger charge is -2.43. The van der Waals surface area contributed by atoms with Crippen LogP contribution in [0.15, 0.2) is 22.8 Å². The van der Waals surface area contributed by atoms with Gasteiger partial charge >= 0.3 is 0 Å². The molecule has 0 radical (unpaired) electrons. The molecule has 19 heavy (non-hydrogen) atoms. The maximum atomic E-state index is 12.5. The van der Waals surface area contributed by atoms with Gasteiger partial charge in [-0.05, 0) is 31.4 Å². The quantitative estimate of drug-likeness (QED) is 0.770. The van der Waals surface area contributed by atoms with Crippen LogP contribution in [-0.2, 0) is 4.79 Å². The lowest BCUT2D eigenvalue weighted by molar-refractivity contribution is -0.126. The Morgan fingerprint density at radius 1 is 1.42 bits per heavy atom. The fourth-order valence-electron chi connectivity index (χ4n) is 3.30. The topological polar surface area (TPSA) is 53.8 Å². The van der Waals surface area contributed by atoms with Crippen LogP contribution in [-0.4, -0.2) is 47.3 Å². The number of piperidine rings is 1. The highest BCUT2D eigenvalue weighted by atomic mass is 16.3. The molecule has 0 N–H and O–H groups in total. The van der Waals surface area contributed by atoms with Gasteiger partial charge in [-0.15, -0.1) is 0 Å². The van der Waals surface area contributed by atoms with Crippen LogP contribution in [0, 0.1) is 0 Å². The molecule has 0 bridgehead atoms. The van der Waals surface area contributed by atoms with Crippen molar-refractivity contribution in [3.63, 3.8) is 0 Å². The zero-order valence-electron chi connectivity index (χ0n) is 11.1. The number of carbonyl (C=O) groups excluding carboxylic acids is 2. The summed E-state index contributed by atoms with van der Waals surface area (Å²) in [4.78, 5) is 28.0. The number of hydrogen-bond donors (Lipinski definition) is 0. The van der Waals surface area contributed by atoms with Crippen LogP contribution in [0.25, 0.3) is 0 Å². The average Bonchev–Trinajstić information content (AvgIpc) is 2.99. The van der Waals surface area contributed by atoms with Gasteiger partial charge in [-0.1, -0.05) is 0 Å². The van der Waals surface area contributed by atoms with Gasteiger partial charge in [0.25, 0.3) is 5.91 Å². The average molecular weight is 262 g/mol. The van der Waals surface area contributed by atoms with Crippen molar-refractivity contribution in [1.82, 2.24) is 9.80 Å². The fourth-order valence-corrected chi connectivity index (χ4v) is 3.30. The maximum Gasteiger partial charge on any atom is 0.290 e. The van der Waals surface area contributed by atoms with E-state index in [1.165, 1.54) is 6.26 Å². The van der Waals surface area contributed by atoms with Crippen molar-refractivity contribution in [3.05, 3.63) is 24.2 Å². The van der Waals surface area contributed by atoms with Crippen LogP contribution in [0.5, 0.6) is 0 Å². The Balaban J connectivity index is 1.90. The molecule has 3 heterocycles. The third kappa shape index (κ3) is 1.93. The van der Waals surface area contributed by atoms with E-state index in [0.29, 0.717) is 25.3 Å². The zero-order chi connectivity index (χ0) is 13.5. The van der Waals surface area contributed by atoms with Gasteiger partial charge in [0.1, 0.15) is 0 Å². The van der Waals surface area contributed by atoms with Crippen LogP contribution in [0.1, 0.15) is 36.2 Å². The molecule has 3 rings (SSSR count). The molecule has 5 nitrogen and oxygen atoms in total. The first-order chi connectivity index (χ1) is 9.12. The molecule has 1 unspecified atom stereocenters. The number of nitrogens with zero attached hydrogens (tertiary/aromatic N) is 2. The van der Waals surface area contributed by atoms with Gasteiger partial charge in [-0.2, -0.15) is 0 Å². The first-order valence-corrected chi connectivity index (χ1v) is 6.72. The van der Waals surface area contributed by atoms with E-state index < -0.39 is 0 Å². The second-order valence-corrected chi connectivity index (χ2v) is 5.54. The predicted octanol–water partition coefficient (Wildman–Crippen LogP) is 1.51. The van der Waals surface area contributed by atoms with Crippen molar-refractivity contribution < 1.29 is 14.0 Å². The fraction of sp³-hybridized carbons (Fsp3) is 0.571. The Morgan fingerprint density at radius 3 is 2.89 bits per heavy atom. The highest BCUT2D eigenvalue weighted by molar-refractivity contribution is 5.93. The SMILES string of the molecule is CN1CC2(CCCCN2C(=O)c2ccco2)CC1=O. The molecule has 2 aliphatic rings. The van der Waals surface area contributed by atoms with Gasteiger partial charge in [-0.3, -0.25) is 9.59 Å². The molecule has 0 aromatic carbocycles. The van der Waals surface area contributed by atoms with E-state index in [4.69, 9.17) is 4.42 Å². The molecule has 2 fully saturated rings. The Kier molecular flexibility index (Phi) is 2.84. The first-order valence-electron chi connectivity index (χ1n) is 6.72. The molecule has 2 amide bonds. The van der Waals surface area contributed by atoms with E-state index in [0.717, 1.165) is 19.3 Å². The summed E-state index contributed by atoms with van der Waals surface area (Å²) < 4.78 is 5.22. The molecule has 1 atom stereocenters. The van der Waals surface area contributed by atoms with Crippen LogP contribution in [0.2, 0.25) is 0 Å². The predicted molar refractivity (Wildman–Crippen MR) is 68.6 cm³/mol. The van der Waals surface area contributed by atoms with Gasteiger partial charge in [0.05, 0.1) is 18.2 Å². The van der Waals surface area contributed by atoms with Gasteiger partial charge in [0, 0.05) is 20.1 Å². The normalized spacial score (nSPS) is 27.3. The van der Waals surface area contributed by atoms with Crippen molar-refractivity contribution in [3.8, 4) is 0 Å². The van der Waals surface area contributed by atoms with E-state index in [1.54, 1.807) is 24.1 Å². The molecule has 1 aromatic heterocycles. The van der Waals surface area contributed by atoms with Gasteiger partial charge < -0.3 is 14.2 Å². The van der Waals surface area contributed by atoms with Gasteiger partial charge in [0.2, 0.25) is 5.91 Å². The summed E-state index contributed by atoms with van der Waals surface area (Å²) >= 11 is 0. The summed E-state index contributed by atoms with van der Waals surface area (Å²) in [6, 6.07) is 3.40. The Labute approximate surface area is 112 Å². The van der Waals surface area contributed by atoms with Crippen molar-refractivity contribution in [2.24, 2.45) is 0 Å². The van der Waals surface area contributed by atoms with Gasteiger partial charge in [-0.25, -0.2) is 0 Å². The molecule has 1 spiro atoms. The lowest BCUT2D eigenvalue weighted by Crippen LogP contribution is -2.55. The van der Waals surface area contributed by atoms with Crippen LogP contribution < -0.4 is 0 Å². The molecule has 0 saturated carbocycles. The molecule has 102 valence electrons. The summed E-state index contributed by atoms with van der Waals surface area (Å²) in [6.07, 6.45) is 4.91. The summed E-state index contributed by atoms with van der Waals surface area (Å²) in [5.74, 6) is 0.398. The molecule has 2 saturated heterocycles. The Hall–Kier alpha value is -1.78. The highest BCUT2D eigenvalue weighted by Crippen LogP contribution is 2.37. The van der Waals surface area contributed by atoms with Crippen LogP contribution in [0.3, 0.4) is 0 Å². The van der Waals surface area contributed by atoms with Gasteiger partial charge in [0.15, 0.2) is 5.76 Å². The van der Waals surface area contributed by atoms with Crippen molar-refractivity contribution >= 4 is 11.8 Å². The first kappa shape index (κ1) is 12.3. The van der Waals surface area contributed by atoms with E-state index in [-0.39, 0.29) is 17.4 Å². The number of likely N-dealkylation sites (N-methyl/N-ethyl adjacent to an activating group) is 1. The van der Waals surface area contributed by atoms with E-state index in [1.807, 2.05) is 4.90 Å². The molecule has 2 aliphatic heterocycles. The summed E-state index contributed by atoms with van der Waals surface area (Å²) in [6.45, 7) is 1.35. The number of likely N-dealkylation sites (tertiary alicyclic amines) is 2. The number of rotatable bonds is 1. The third-order valence-electron chi connectivity index (χ3n) is 4.26. The Bertz CT molecular complexity index is 497. The van der Waals surface area contributed by atoms with Crippen LogP contribution in [0.4, 0.5) is 0 Å². The number of amides is 2. The smallest absolute Gasteiger partial charge is 0.290 e.